The van der Waals surface area contributed by atoms with E-state index >= 15 is 0 Å². The van der Waals surface area contributed by atoms with Crippen molar-refractivity contribution in [2.24, 2.45) is 0 Å². The molecule has 1 rings (SSSR count). The molecule has 0 amide bonds. The van der Waals surface area contributed by atoms with Crippen molar-refractivity contribution in [3.05, 3.63) is 23.1 Å². The van der Waals surface area contributed by atoms with Gasteiger partial charge in [0.25, 0.3) is 0 Å². The van der Waals surface area contributed by atoms with Gasteiger partial charge >= 0.3 is 5.97 Å². The summed E-state index contributed by atoms with van der Waals surface area (Å²) in [6.07, 6.45) is 3.44. The number of allylic oxidation sites excluding steroid dienone is 2. The summed E-state index contributed by atoms with van der Waals surface area (Å²) >= 11 is 0. The molecule has 19 heavy (non-hydrogen) atoms. The van der Waals surface area contributed by atoms with Gasteiger partial charge in [-0.3, -0.25) is 4.72 Å². The van der Waals surface area contributed by atoms with Gasteiger partial charge in [-0.25, -0.2) is 13.2 Å². The molecule has 7 heteroatoms. The van der Waals surface area contributed by atoms with Crippen LogP contribution in [0.5, 0.6) is 0 Å². The van der Waals surface area contributed by atoms with Gasteiger partial charge in [0.05, 0.1) is 25.0 Å². The maximum Gasteiger partial charge on any atom is 0.337 e. The molecule has 0 bridgehead atoms. The lowest BCUT2D eigenvalue weighted by atomic mass is 10.0. The summed E-state index contributed by atoms with van der Waals surface area (Å²) in [5.41, 5.74) is 0.960. The van der Waals surface area contributed by atoms with Crippen LogP contribution in [0.1, 0.15) is 26.7 Å². The van der Waals surface area contributed by atoms with Crippen molar-refractivity contribution in [2.45, 2.75) is 26.7 Å². The van der Waals surface area contributed by atoms with Crippen molar-refractivity contribution in [2.75, 3.05) is 19.5 Å². The lowest BCUT2D eigenvalue weighted by Gasteiger charge is -2.19. The Morgan fingerprint density at radius 1 is 1.32 bits per heavy atom. The predicted molar refractivity (Wildman–Crippen MR) is 70.6 cm³/mol. The molecule has 6 nitrogen and oxygen atoms in total. The summed E-state index contributed by atoms with van der Waals surface area (Å²) in [7, 11) is -3.32. The Balaban J connectivity index is 3.00. The summed E-state index contributed by atoms with van der Waals surface area (Å²) in [6.45, 7) is 4.21. The van der Waals surface area contributed by atoms with Gasteiger partial charge in [-0.15, -0.1) is 0 Å². The number of carbonyl (C=O) groups is 1. The highest BCUT2D eigenvalue weighted by Gasteiger charge is 2.22. The normalized spacial score (nSPS) is 15.8. The molecule has 0 aromatic rings. The first-order valence-electron chi connectivity index (χ1n) is 6.08. The first-order valence-corrected chi connectivity index (χ1v) is 7.98. The molecule has 0 fully saturated rings. The Morgan fingerprint density at radius 2 is 2.00 bits per heavy atom. The van der Waals surface area contributed by atoms with Crippen molar-refractivity contribution < 1.29 is 22.7 Å². The highest BCUT2D eigenvalue weighted by molar-refractivity contribution is 7.88. The molecule has 0 saturated carbocycles. The van der Waals surface area contributed by atoms with Crippen LogP contribution < -0.4 is 4.72 Å². The largest absolute Gasteiger partial charge is 0.493 e. The molecule has 0 aliphatic heterocycles. The van der Waals surface area contributed by atoms with E-state index in [1.54, 1.807) is 19.9 Å². The molecule has 0 atom stereocenters. The van der Waals surface area contributed by atoms with Crippen molar-refractivity contribution in [1.29, 1.82) is 0 Å². The van der Waals surface area contributed by atoms with Gasteiger partial charge in [0.1, 0.15) is 5.76 Å². The third kappa shape index (κ3) is 4.94. The molecule has 108 valence electrons. The first kappa shape index (κ1) is 15.6. The standard InChI is InChI=1S/C12H19NO5S/c1-4-17-11-8-9(13-19(3,15)16)6-7-10(11)12(14)18-5-2/h8,13H,4-7H2,1-3H3. The van der Waals surface area contributed by atoms with Crippen molar-refractivity contribution in [3.63, 3.8) is 0 Å². The van der Waals surface area contributed by atoms with Crippen LogP contribution >= 0.6 is 0 Å². The molecule has 0 aromatic carbocycles. The van der Waals surface area contributed by atoms with Gasteiger partial charge in [0.2, 0.25) is 10.0 Å². The van der Waals surface area contributed by atoms with E-state index in [1.807, 2.05) is 0 Å². The number of esters is 1. The number of rotatable bonds is 6. The van der Waals surface area contributed by atoms with E-state index in [1.165, 1.54) is 0 Å². The van der Waals surface area contributed by atoms with E-state index in [9.17, 15) is 13.2 Å². The van der Waals surface area contributed by atoms with Crippen molar-refractivity contribution >= 4 is 16.0 Å². The first-order chi connectivity index (χ1) is 8.87. The maximum atomic E-state index is 11.7. The Labute approximate surface area is 113 Å². The zero-order chi connectivity index (χ0) is 14.5. The van der Waals surface area contributed by atoms with Gasteiger partial charge in [-0.1, -0.05) is 0 Å². The Hall–Kier alpha value is -1.50. The topological polar surface area (TPSA) is 81.7 Å². The average molecular weight is 289 g/mol. The molecule has 0 unspecified atom stereocenters. The van der Waals surface area contributed by atoms with Crippen molar-refractivity contribution in [3.8, 4) is 0 Å². The van der Waals surface area contributed by atoms with Crippen LogP contribution in [0.25, 0.3) is 0 Å². The van der Waals surface area contributed by atoms with Gasteiger partial charge in [0.15, 0.2) is 0 Å². The summed E-state index contributed by atoms with van der Waals surface area (Å²) in [5.74, 6) is -0.0426. The van der Waals surface area contributed by atoms with Crippen molar-refractivity contribution in [1.82, 2.24) is 4.72 Å². The minimum atomic E-state index is -3.32. The van der Waals surface area contributed by atoms with Gasteiger partial charge in [0, 0.05) is 11.8 Å². The summed E-state index contributed by atoms with van der Waals surface area (Å²) in [5, 5.41) is 0. The molecule has 0 spiro atoms. The molecule has 0 aromatic heterocycles. The third-order valence-electron chi connectivity index (χ3n) is 2.39. The fraction of sp³-hybridized carbons (Fsp3) is 0.583. The summed E-state index contributed by atoms with van der Waals surface area (Å²) in [6, 6.07) is 0. The molecule has 1 N–H and O–H groups in total. The van der Waals surface area contributed by atoms with Crippen LogP contribution in [0.15, 0.2) is 23.1 Å². The van der Waals surface area contributed by atoms with E-state index in [0.717, 1.165) is 6.26 Å². The van der Waals surface area contributed by atoms with Crippen LogP contribution in [-0.2, 0) is 24.3 Å². The molecular weight excluding hydrogens is 270 g/mol. The van der Waals surface area contributed by atoms with E-state index in [4.69, 9.17) is 9.47 Å². The molecule has 0 saturated heterocycles. The second kappa shape index (κ2) is 6.60. The monoisotopic (exact) mass is 289 g/mol. The lowest BCUT2D eigenvalue weighted by Crippen LogP contribution is -2.24. The molecule has 1 aliphatic carbocycles. The number of nitrogens with one attached hydrogen (secondary N) is 1. The zero-order valence-corrected chi connectivity index (χ0v) is 12.2. The molecular formula is C12H19NO5S. The fourth-order valence-electron chi connectivity index (χ4n) is 1.72. The third-order valence-corrected chi connectivity index (χ3v) is 3.02. The number of hydrogen-bond acceptors (Lipinski definition) is 5. The number of ether oxygens (including phenoxy) is 2. The average Bonchev–Trinajstić information content (AvgIpc) is 2.27. The number of hydrogen-bond donors (Lipinski definition) is 1. The smallest absolute Gasteiger partial charge is 0.337 e. The highest BCUT2D eigenvalue weighted by Crippen LogP contribution is 2.25. The van der Waals surface area contributed by atoms with Gasteiger partial charge in [-0.05, 0) is 26.7 Å². The Bertz CT molecular complexity index is 504. The minimum Gasteiger partial charge on any atom is -0.493 e. The minimum absolute atomic E-state index is 0.292. The van der Waals surface area contributed by atoms with Crippen LogP contribution in [0.3, 0.4) is 0 Å². The van der Waals surface area contributed by atoms with E-state index in [-0.39, 0.29) is 0 Å². The Morgan fingerprint density at radius 3 is 2.53 bits per heavy atom. The zero-order valence-electron chi connectivity index (χ0n) is 11.4. The summed E-state index contributed by atoms with van der Waals surface area (Å²) in [4.78, 5) is 11.7. The lowest BCUT2D eigenvalue weighted by molar-refractivity contribution is -0.139. The van der Waals surface area contributed by atoms with Gasteiger partial charge in [-0.2, -0.15) is 0 Å². The molecule has 1 aliphatic rings. The predicted octanol–water partition coefficient (Wildman–Crippen LogP) is 1.07. The number of sulfonamides is 1. The Kier molecular flexibility index (Phi) is 5.41. The second-order valence-corrected chi connectivity index (χ2v) is 5.79. The van der Waals surface area contributed by atoms with Crippen LogP contribution in [0.4, 0.5) is 0 Å². The van der Waals surface area contributed by atoms with E-state index in [2.05, 4.69) is 4.72 Å². The quantitative estimate of drug-likeness (QED) is 0.740. The fourth-order valence-corrected chi connectivity index (χ4v) is 2.36. The molecule has 0 radical (unpaired) electrons. The maximum absolute atomic E-state index is 11.7. The molecule has 0 heterocycles. The SMILES string of the molecule is CCOC(=O)C1=C(OCC)C=C(NS(C)(=O)=O)CC1. The van der Waals surface area contributed by atoms with Crippen LogP contribution in [0, 0.1) is 0 Å². The number of carbonyl (C=O) groups excluding carboxylic acids is 1. The summed E-state index contributed by atoms with van der Waals surface area (Å²) < 4.78 is 35.1. The highest BCUT2D eigenvalue weighted by atomic mass is 32.2. The second-order valence-electron chi connectivity index (χ2n) is 4.04. The van der Waals surface area contributed by atoms with Gasteiger partial charge < -0.3 is 9.47 Å². The van der Waals surface area contributed by atoms with Crippen LogP contribution in [0.2, 0.25) is 0 Å². The van der Waals surface area contributed by atoms with E-state index < -0.39 is 16.0 Å². The van der Waals surface area contributed by atoms with E-state index in [0.29, 0.717) is 43.1 Å². The van der Waals surface area contributed by atoms with Crippen LogP contribution in [-0.4, -0.2) is 33.9 Å².